The highest BCUT2D eigenvalue weighted by Gasteiger charge is 2.36. The predicted octanol–water partition coefficient (Wildman–Crippen LogP) is 7.29. The van der Waals surface area contributed by atoms with Crippen LogP contribution in [0.25, 0.3) is 28.3 Å². The summed E-state index contributed by atoms with van der Waals surface area (Å²) in [5.74, 6) is 1.39. The molecule has 2 heterocycles. The number of aromatic nitrogens is 2. The van der Waals surface area contributed by atoms with Crippen LogP contribution >= 0.6 is 0 Å². The van der Waals surface area contributed by atoms with Gasteiger partial charge in [-0.25, -0.2) is 0 Å². The van der Waals surface area contributed by atoms with Crippen molar-refractivity contribution in [3.05, 3.63) is 59.6 Å². The molecule has 0 atom stereocenters. The third kappa shape index (κ3) is 5.29. The van der Waals surface area contributed by atoms with E-state index in [9.17, 15) is 4.79 Å². The predicted molar refractivity (Wildman–Crippen MR) is 153 cm³/mol. The van der Waals surface area contributed by atoms with Gasteiger partial charge >= 0.3 is 0 Å². The lowest BCUT2D eigenvalue weighted by atomic mass is 9.78. The zero-order valence-corrected chi connectivity index (χ0v) is 21.9. The van der Waals surface area contributed by atoms with E-state index in [-0.39, 0.29) is 25.2 Å². The van der Waals surface area contributed by atoms with Crippen molar-refractivity contribution in [2.24, 2.45) is 16.6 Å². The average Bonchev–Trinajstić information content (AvgIpc) is 3.38. The van der Waals surface area contributed by atoms with E-state index >= 15 is 0 Å². The number of ketones is 1. The number of carbonyl (C=O) groups is 1. The number of nitrogens with two attached hydrogens (primary N) is 1. The molecule has 0 saturated heterocycles. The highest BCUT2D eigenvalue weighted by molar-refractivity contribution is 6.05. The van der Waals surface area contributed by atoms with Gasteiger partial charge in [0.25, 0.3) is 0 Å². The van der Waals surface area contributed by atoms with Crippen LogP contribution in [0.15, 0.2) is 46.5 Å². The molecule has 0 bridgehead atoms. The Bertz CT molecular complexity index is 1270. The molecule has 3 aromatic rings. The molecule has 36 heavy (non-hydrogen) atoms. The van der Waals surface area contributed by atoms with Crippen LogP contribution < -0.4 is 5.73 Å². The second-order valence-electron chi connectivity index (χ2n) is 8.68. The second-order valence-corrected chi connectivity index (χ2v) is 8.68. The topological polar surface area (TPSA) is 86.4 Å². The maximum Gasteiger partial charge on any atom is 0.135 e. The number of allylic oxidation sites excluding steroid dienone is 1. The van der Waals surface area contributed by atoms with Crippen LogP contribution in [0.5, 0.6) is 0 Å². The molecule has 2 aliphatic rings. The number of furan rings is 1. The molecular formula is C30H42N4O2. The highest BCUT2D eigenvalue weighted by Crippen LogP contribution is 2.41. The summed E-state index contributed by atoms with van der Waals surface area (Å²) in [7, 11) is 1.50. The van der Waals surface area contributed by atoms with E-state index in [4.69, 9.17) is 9.52 Å². The van der Waals surface area contributed by atoms with E-state index < -0.39 is 0 Å². The van der Waals surface area contributed by atoms with E-state index in [0.29, 0.717) is 0 Å². The number of Topliss-reactive ketones (excluding diaryl/α,β-unsaturated/α-hetero) is 1. The Morgan fingerprint density at radius 3 is 2.58 bits per heavy atom. The first-order valence-electron chi connectivity index (χ1n) is 12.5. The van der Waals surface area contributed by atoms with Gasteiger partial charge in [0.05, 0.1) is 6.04 Å². The zero-order chi connectivity index (χ0) is 25.7. The molecule has 194 valence electrons. The third-order valence-electron chi connectivity index (χ3n) is 6.76. The number of fused-ring (bicyclic) bond motifs is 3. The van der Waals surface area contributed by atoms with Gasteiger partial charge in [0.1, 0.15) is 22.8 Å². The van der Waals surface area contributed by atoms with Crippen molar-refractivity contribution in [3.63, 3.8) is 0 Å². The first-order chi connectivity index (χ1) is 17.0. The van der Waals surface area contributed by atoms with E-state index in [1.165, 1.54) is 18.0 Å². The van der Waals surface area contributed by atoms with Crippen LogP contribution in [0.3, 0.4) is 0 Å². The molecule has 6 heteroatoms. The summed E-state index contributed by atoms with van der Waals surface area (Å²) < 4.78 is 8.24. The van der Waals surface area contributed by atoms with Crippen LogP contribution in [0.2, 0.25) is 0 Å². The van der Waals surface area contributed by atoms with E-state index in [1.807, 2.05) is 20.8 Å². The second kappa shape index (κ2) is 12.6. The summed E-state index contributed by atoms with van der Waals surface area (Å²) in [6.07, 6.45) is 9.58. The fourth-order valence-electron chi connectivity index (χ4n) is 4.96. The molecule has 0 radical (unpaired) electrons. The van der Waals surface area contributed by atoms with Crippen LogP contribution in [-0.2, 0) is 11.2 Å². The maximum absolute atomic E-state index is 11.7. The minimum atomic E-state index is 0. The summed E-state index contributed by atoms with van der Waals surface area (Å²) in [6.45, 7) is 13.5. The maximum atomic E-state index is 11.7. The Morgan fingerprint density at radius 1 is 1.25 bits per heavy atom. The summed E-state index contributed by atoms with van der Waals surface area (Å²) in [5.41, 5.74) is 11.6. The molecule has 2 aromatic heterocycles. The van der Waals surface area contributed by atoms with E-state index in [0.717, 1.165) is 65.3 Å². The quantitative estimate of drug-likeness (QED) is 0.380. The largest absolute Gasteiger partial charge is 0.456 e. The van der Waals surface area contributed by atoms with Crippen molar-refractivity contribution in [1.29, 1.82) is 0 Å². The molecule has 1 fully saturated rings. The zero-order valence-electron chi connectivity index (χ0n) is 21.9. The van der Waals surface area contributed by atoms with Crippen molar-refractivity contribution < 1.29 is 9.21 Å². The summed E-state index contributed by atoms with van der Waals surface area (Å²) in [5, 5.41) is 6.20. The molecule has 1 saturated carbocycles. The van der Waals surface area contributed by atoms with Gasteiger partial charge in [-0.1, -0.05) is 46.1 Å². The molecule has 0 unspecified atom stereocenters. The van der Waals surface area contributed by atoms with Crippen molar-refractivity contribution in [3.8, 4) is 11.3 Å². The Hall–Kier alpha value is -3.25. The molecule has 1 aromatic carbocycles. The molecule has 0 amide bonds. The highest BCUT2D eigenvalue weighted by atomic mass is 16.3. The molecule has 2 aliphatic carbocycles. The Labute approximate surface area is 216 Å². The van der Waals surface area contributed by atoms with Crippen LogP contribution in [0, 0.1) is 12.8 Å². The first-order valence-corrected chi connectivity index (χ1v) is 12.5. The van der Waals surface area contributed by atoms with Crippen molar-refractivity contribution in [2.75, 3.05) is 7.05 Å². The lowest BCUT2D eigenvalue weighted by Gasteiger charge is -2.34. The van der Waals surface area contributed by atoms with Gasteiger partial charge in [0.2, 0.25) is 0 Å². The Kier molecular flexibility index (Phi) is 10.2. The summed E-state index contributed by atoms with van der Waals surface area (Å²) in [4.78, 5) is 16.2. The van der Waals surface area contributed by atoms with Crippen LogP contribution in [0.1, 0.15) is 83.0 Å². The van der Waals surface area contributed by atoms with Gasteiger partial charge in [-0.15, -0.1) is 0 Å². The van der Waals surface area contributed by atoms with E-state index in [2.05, 4.69) is 59.3 Å². The number of hydrogen-bond acceptors (Lipinski definition) is 5. The van der Waals surface area contributed by atoms with Gasteiger partial charge in [-0.05, 0) is 65.6 Å². The minimum absolute atomic E-state index is 0. The molecular weight excluding hydrogens is 448 g/mol. The van der Waals surface area contributed by atoms with Gasteiger partial charge in [0, 0.05) is 45.6 Å². The monoisotopic (exact) mass is 490 g/mol. The molecule has 2 N–H and O–H groups in total. The van der Waals surface area contributed by atoms with Gasteiger partial charge in [-0.2, -0.15) is 5.10 Å². The summed E-state index contributed by atoms with van der Waals surface area (Å²) in [6, 6.07) is 6.63. The number of aliphatic imine (C=N–C) groups is 1. The Morgan fingerprint density at radius 2 is 1.94 bits per heavy atom. The lowest BCUT2D eigenvalue weighted by Crippen LogP contribution is -2.32. The normalized spacial score (nSPS) is 18.0. The number of benzene rings is 1. The van der Waals surface area contributed by atoms with Gasteiger partial charge in [0.15, 0.2) is 0 Å². The molecule has 5 rings (SSSR count). The Balaban J connectivity index is 0.000000871. The number of nitrogens with zero attached hydrogens (tertiary/aromatic N) is 3. The fraction of sp³-hybridized carbons (Fsp3) is 0.433. The number of aryl methyl sites for hydroxylation is 1. The lowest BCUT2D eigenvalue weighted by molar-refractivity contribution is -0.124. The SMILES string of the molecule is C.C=CN=C(C)c1c(-c2ccc3c4c(oc3c2)C=CCC4)nn(C2CC(C(C)=O)C2)c1C.CC.CN. The van der Waals surface area contributed by atoms with Crippen LogP contribution in [-0.4, -0.2) is 28.3 Å². The minimum Gasteiger partial charge on any atom is -0.456 e. The standard InChI is InChI=1S/C26H27N3O2.C2H6.CH5N.CH4/c1-5-27-15(2)25-16(3)29(20-12-19(13-20)17(4)30)28-26(25)18-10-11-22-21-8-6-7-9-23(21)31-24(22)14-18;2*1-2;/h5,7,9-11,14,19-20H,1,6,8,12-13H2,2-4H3;1-2H3;2H2,1H3;1H4. The summed E-state index contributed by atoms with van der Waals surface area (Å²) >= 11 is 0. The van der Waals surface area contributed by atoms with Crippen LogP contribution in [0.4, 0.5) is 0 Å². The third-order valence-corrected chi connectivity index (χ3v) is 6.76. The first kappa shape index (κ1) is 29.0. The average molecular weight is 491 g/mol. The van der Waals surface area contributed by atoms with Crippen molar-refractivity contribution in [2.45, 2.75) is 73.8 Å². The molecule has 6 nitrogen and oxygen atoms in total. The smallest absolute Gasteiger partial charge is 0.135 e. The van der Waals surface area contributed by atoms with Gasteiger partial charge < -0.3 is 10.2 Å². The molecule has 0 spiro atoms. The van der Waals surface area contributed by atoms with Crippen molar-refractivity contribution in [1.82, 2.24) is 9.78 Å². The van der Waals surface area contributed by atoms with E-state index in [1.54, 1.807) is 13.1 Å². The van der Waals surface area contributed by atoms with Gasteiger partial charge in [-0.3, -0.25) is 14.5 Å². The number of hydrogen-bond donors (Lipinski definition) is 1. The fourth-order valence-corrected chi connectivity index (χ4v) is 4.96. The van der Waals surface area contributed by atoms with Crippen molar-refractivity contribution >= 4 is 28.5 Å². The number of carbonyl (C=O) groups excluding carboxylic acids is 1. The number of rotatable bonds is 5. The molecule has 0 aliphatic heterocycles.